The molecule has 3 heterocycles. The molecule has 0 fully saturated rings. The van der Waals surface area contributed by atoms with Gasteiger partial charge in [0.1, 0.15) is 5.65 Å². The monoisotopic (exact) mass is 315 g/mol. The van der Waals surface area contributed by atoms with Crippen LogP contribution in [0.1, 0.15) is 11.3 Å². The van der Waals surface area contributed by atoms with E-state index in [1.807, 2.05) is 41.1 Å². The molecule has 0 aliphatic carbocycles. The van der Waals surface area contributed by atoms with Gasteiger partial charge in [0.25, 0.3) is 0 Å². The molecule has 4 heteroatoms. The van der Waals surface area contributed by atoms with Gasteiger partial charge in [0.05, 0.1) is 24.2 Å². The van der Waals surface area contributed by atoms with Crippen LogP contribution in [0.15, 0.2) is 67.1 Å². The molecule has 0 atom stereocenters. The van der Waals surface area contributed by atoms with Crippen LogP contribution in [0.3, 0.4) is 0 Å². The molecule has 0 saturated heterocycles. The van der Waals surface area contributed by atoms with Crippen molar-refractivity contribution >= 4 is 5.65 Å². The number of aliphatic hydroxyl groups excluding tert-OH is 1. The molecule has 0 amide bonds. The summed E-state index contributed by atoms with van der Waals surface area (Å²) in [6.07, 6.45) is 5.52. The maximum absolute atomic E-state index is 9.48. The van der Waals surface area contributed by atoms with Gasteiger partial charge in [-0.2, -0.15) is 0 Å². The van der Waals surface area contributed by atoms with Gasteiger partial charge in [0.2, 0.25) is 0 Å². The fourth-order valence-electron chi connectivity index (χ4n) is 2.97. The smallest absolute Gasteiger partial charge is 0.136 e. The molecule has 0 saturated carbocycles. The van der Waals surface area contributed by atoms with E-state index in [-0.39, 0.29) is 6.61 Å². The van der Waals surface area contributed by atoms with Crippen molar-refractivity contribution in [2.75, 3.05) is 0 Å². The van der Waals surface area contributed by atoms with Crippen molar-refractivity contribution in [2.24, 2.45) is 0 Å². The number of imidazole rings is 1. The zero-order valence-corrected chi connectivity index (χ0v) is 13.3. The number of aryl methyl sites for hydroxylation is 1. The molecule has 4 rings (SSSR count). The number of aromatic nitrogens is 3. The second-order valence-electron chi connectivity index (χ2n) is 5.82. The Morgan fingerprint density at radius 3 is 2.75 bits per heavy atom. The molecule has 4 aromatic rings. The van der Waals surface area contributed by atoms with E-state index in [9.17, 15) is 5.11 Å². The number of rotatable bonds is 3. The lowest BCUT2D eigenvalue weighted by Gasteiger charge is -2.10. The third-order valence-corrected chi connectivity index (χ3v) is 4.15. The van der Waals surface area contributed by atoms with Crippen LogP contribution in [-0.2, 0) is 6.61 Å². The van der Waals surface area contributed by atoms with Gasteiger partial charge in [-0.25, -0.2) is 4.98 Å². The molecule has 0 spiro atoms. The molecule has 1 N–H and O–H groups in total. The number of hydrogen-bond acceptors (Lipinski definition) is 3. The number of fused-ring (bicyclic) bond motifs is 1. The van der Waals surface area contributed by atoms with Crippen LogP contribution in [0.2, 0.25) is 0 Å². The van der Waals surface area contributed by atoms with Gasteiger partial charge in [-0.1, -0.05) is 29.8 Å². The summed E-state index contributed by atoms with van der Waals surface area (Å²) in [5.74, 6) is 0. The van der Waals surface area contributed by atoms with Crippen molar-refractivity contribution in [1.29, 1.82) is 0 Å². The molecule has 0 unspecified atom stereocenters. The summed E-state index contributed by atoms with van der Waals surface area (Å²) in [6, 6.07) is 16.4. The van der Waals surface area contributed by atoms with Crippen molar-refractivity contribution in [2.45, 2.75) is 13.5 Å². The van der Waals surface area contributed by atoms with E-state index in [2.05, 4.69) is 41.2 Å². The number of benzene rings is 1. The van der Waals surface area contributed by atoms with E-state index >= 15 is 0 Å². The van der Waals surface area contributed by atoms with Crippen molar-refractivity contribution in [3.63, 3.8) is 0 Å². The molecular formula is C20H17N3O. The molecule has 24 heavy (non-hydrogen) atoms. The summed E-state index contributed by atoms with van der Waals surface area (Å²) in [5.41, 5.74) is 6.95. The molecule has 0 aliphatic heterocycles. The van der Waals surface area contributed by atoms with Gasteiger partial charge in [-0.3, -0.25) is 4.98 Å². The van der Waals surface area contributed by atoms with Crippen molar-refractivity contribution in [1.82, 2.24) is 14.4 Å². The van der Waals surface area contributed by atoms with Crippen LogP contribution in [-0.4, -0.2) is 19.5 Å². The van der Waals surface area contributed by atoms with Crippen LogP contribution < -0.4 is 0 Å². The summed E-state index contributed by atoms with van der Waals surface area (Å²) < 4.78 is 1.92. The number of nitrogens with zero attached hydrogens (tertiary/aromatic N) is 3. The van der Waals surface area contributed by atoms with E-state index in [1.165, 1.54) is 5.56 Å². The Bertz CT molecular complexity index is 1020. The Kier molecular flexibility index (Phi) is 3.59. The maximum Gasteiger partial charge on any atom is 0.136 e. The van der Waals surface area contributed by atoms with E-state index in [0.29, 0.717) is 0 Å². The number of aliphatic hydroxyl groups is 1. The van der Waals surface area contributed by atoms with E-state index < -0.39 is 0 Å². The van der Waals surface area contributed by atoms with Gasteiger partial charge in [-0.15, -0.1) is 0 Å². The highest BCUT2D eigenvalue weighted by Gasteiger charge is 2.10. The van der Waals surface area contributed by atoms with Gasteiger partial charge in [0, 0.05) is 29.1 Å². The minimum absolute atomic E-state index is 0.0393. The largest absolute Gasteiger partial charge is 0.390 e. The quantitative estimate of drug-likeness (QED) is 0.624. The van der Waals surface area contributed by atoms with Gasteiger partial charge >= 0.3 is 0 Å². The second-order valence-corrected chi connectivity index (χ2v) is 5.82. The number of hydrogen-bond donors (Lipinski definition) is 1. The van der Waals surface area contributed by atoms with Crippen molar-refractivity contribution in [3.8, 4) is 22.4 Å². The minimum atomic E-state index is -0.0393. The molecular weight excluding hydrogens is 298 g/mol. The first-order valence-corrected chi connectivity index (χ1v) is 7.85. The zero-order chi connectivity index (χ0) is 16.5. The van der Waals surface area contributed by atoms with E-state index in [0.717, 1.165) is 33.7 Å². The third-order valence-electron chi connectivity index (χ3n) is 4.15. The zero-order valence-electron chi connectivity index (χ0n) is 13.3. The predicted octanol–water partition coefficient (Wildman–Crippen LogP) is 3.86. The SMILES string of the molecule is Cc1cccc(-c2ncccc2-c2ccc3ncc(CO)n3c2)c1. The molecule has 0 aliphatic rings. The van der Waals surface area contributed by atoms with Crippen LogP contribution in [0.25, 0.3) is 28.0 Å². The lowest BCUT2D eigenvalue weighted by Crippen LogP contribution is -1.95. The Morgan fingerprint density at radius 2 is 1.92 bits per heavy atom. The van der Waals surface area contributed by atoms with E-state index in [4.69, 9.17) is 0 Å². The van der Waals surface area contributed by atoms with Crippen LogP contribution in [0.5, 0.6) is 0 Å². The van der Waals surface area contributed by atoms with Crippen LogP contribution >= 0.6 is 0 Å². The molecule has 3 aromatic heterocycles. The lowest BCUT2D eigenvalue weighted by atomic mass is 9.99. The highest BCUT2D eigenvalue weighted by molar-refractivity contribution is 5.81. The van der Waals surface area contributed by atoms with Crippen molar-refractivity contribution < 1.29 is 5.11 Å². The standard InChI is InChI=1S/C20H17N3O/c1-14-4-2-5-15(10-14)20-18(6-3-9-21-20)16-7-8-19-22-11-17(13-24)23(19)12-16/h2-12,24H,13H2,1H3. The average Bonchev–Trinajstić information content (AvgIpc) is 3.04. The molecule has 0 radical (unpaired) electrons. The summed E-state index contributed by atoms with van der Waals surface area (Å²) in [7, 11) is 0. The molecule has 4 nitrogen and oxygen atoms in total. The first-order valence-electron chi connectivity index (χ1n) is 7.85. The Morgan fingerprint density at radius 1 is 1.00 bits per heavy atom. The third kappa shape index (κ3) is 2.47. The molecule has 118 valence electrons. The Labute approximate surface area is 140 Å². The van der Waals surface area contributed by atoms with Gasteiger partial charge in [0.15, 0.2) is 0 Å². The summed E-state index contributed by atoms with van der Waals surface area (Å²) >= 11 is 0. The van der Waals surface area contributed by atoms with Crippen molar-refractivity contribution in [3.05, 3.63) is 78.4 Å². The Hall–Kier alpha value is -2.98. The topological polar surface area (TPSA) is 50.4 Å². The highest BCUT2D eigenvalue weighted by atomic mass is 16.3. The second kappa shape index (κ2) is 5.91. The predicted molar refractivity (Wildman–Crippen MR) is 94.5 cm³/mol. The molecule has 1 aromatic carbocycles. The lowest BCUT2D eigenvalue weighted by molar-refractivity contribution is 0.276. The normalized spacial score (nSPS) is 11.1. The van der Waals surface area contributed by atoms with Crippen LogP contribution in [0.4, 0.5) is 0 Å². The van der Waals surface area contributed by atoms with Crippen LogP contribution in [0, 0.1) is 6.92 Å². The first-order chi connectivity index (χ1) is 11.8. The highest BCUT2D eigenvalue weighted by Crippen LogP contribution is 2.30. The summed E-state index contributed by atoms with van der Waals surface area (Å²) in [5, 5.41) is 9.48. The fourth-order valence-corrected chi connectivity index (χ4v) is 2.97. The number of pyridine rings is 2. The maximum atomic E-state index is 9.48. The average molecular weight is 315 g/mol. The van der Waals surface area contributed by atoms with E-state index in [1.54, 1.807) is 6.20 Å². The first kappa shape index (κ1) is 14.6. The fraction of sp³-hybridized carbons (Fsp3) is 0.100. The Balaban J connectivity index is 1.91. The molecule has 0 bridgehead atoms. The summed E-state index contributed by atoms with van der Waals surface area (Å²) in [4.78, 5) is 8.91. The van der Waals surface area contributed by atoms with Gasteiger partial charge in [-0.05, 0) is 31.2 Å². The van der Waals surface area contributed by atoms with Gasteiger partial charge < -0.3 is 9.51 Å². The summed E-state index contributed by atoms with van der Waals surface area (Å²) in [6.45, 7) is 2.04. The minimum Gasteiger partial charge on any atom is -0.390 e.